The van der Waals surface area contributed by atoms with Crippen molar-refractivity contribution in [1.82, 2.24) is 9.55 Å². The molecule has 1 amide bonds. The number of halogens is 1. The molecule has 1 aliphatic carbocycles. The third kappa shape index (κ3) is 1.90. The van der Waals surface area contributed by atoms with Gasteiger partial charge in [0.1, 0.15) is 5.88 Å². The molecule has 0 saturated heterocycles. The van der Waals surface area contributed by atoms with Crippen molar-refractivity contribution >= 4 is 34.2 Å². The summed E-state index contributed by atoms with van der Waals surface area (Å²) in [5, 5.41) is 2.66. The minimum atomic E-state index is -0.264. The number of nitrogens with one attached hydrogen (secondary N) is 2. The summed E-state index contributed by atoms with van der Waals surface area (Å²) < 4.78 is 1.78. The van der Waals surface area contributed by atoms with Crippen LogP contribution in [0.15, 0.2) is 23.0 Å². The molecule has 0 radical (unpaired) electrons. The molecule has 0 spiro atoms. The lowest BCUT2D eigenvalue weighted by atomic mass is 10.2. The Morgan fingerprint density at radius 1 is 1.50 bits per heavy atom. The highest BCUT2D eigenvalue weighted by Gasteiger charge is 2.27. The van der Waals surface area contributed by atoms with E-state index in [1.165, 1.54) is 0 Å². The van der Waals surface area contributed by atoms with Crippen molar-refractivity contribution in [3.8, 4) is 0 Å². The van der Waals surface area contributed by atoms with Gasteiger partial charge >= 0.3 is 5.69 Å². The Hall–Kier alpha value is -1.75. The van der Waals surface area contributed by atoms with E-state index in [1.54, 1.807) is 16.7 Å². The number of carbonyl (C=O) groups is 1. The van der Waals surface area contributed by atoms with E-state index in [0.717, 1.165) is 23.9 Å². The van der Waals surface area contributed by atoms with Gasteiger partial charge in [-0.2, -0.15) is 0 Å². The smallest absolute Gasteiger partial charge is 0.325 e. The second-order valence-electron chi connectivity index (χ2n) is 4.45. The molecule has 0 aliphatic heterocycles. The SMILES string of the molecule is O=C(CCl)Nc1ccc2c(c1)[nH]c(=O)n2C1CC1. The number of amides is 1. The Bertz CT molecular complexity index is 670. The first-order valence-corrected chi connectivity index (χ1v) is 6.32. The van der Waals surface area contributed by atoms with E-state index in [9.17, 15) is 9.59 Å². The molecule has 0 unspecified atom stereocenters. The van der Waals surface area contributed by atoms with E-state index in [2.05, 4.69) is 10.3 Å². The van der Waals surface area contributed by atoms with Crippen LogP contribution in [-0.4, -0.2) is 21.3 Å². The van der Waals surface area contributed by atoms with Gasteiger partial charge in [-0.1, -0.05) is 0 Å². The Morgan fingerprint density at radius 2 is 2.28 bits per heavy atom. The van der Waals surface area contributed by atoms with Crippen molar-refractivity contribution in [3.05, 3.63) is 28.7 Å². The standard InChI is InChI=1S/C12H12ClN3O2/c13-6-11(17)14-7-1-4-10-9(5-7)15-12(18)16(10)8-2-3-8/h1,4-5,8H,2-3,6H2,(H,14,17)(H,15,18). The second-order valence-corrected chi connectivity index (χ2v) is 4.71. The van der Waals surface area contributed by atoms with Crippen molar-refractivity contribution in [3.63, 3.8) is 0 Å². The number of alkyl halides is 1. The molecular formula is C12H12ClN3O2. The van der Waals surface area contributed by atoms with E-state index >= 15 is 0 Å². The summed E-state index contributed by atoms with van der Waals surface area (Å²) in [4.78, 5) is 25.8. The molecule has 0 atom stereocenters. The fourth-order valence-corrected chi connectivity index (χ4v) is 2.17. The summed E-state index contributed by atoms with van der Waals surface area (Å²) in [6.07, 6.45) is 2.11. The lowest BCUT2D eigenvalue weighted by molar-refractivity contribution is -0.113. The monoisotopic (exact) mass is 265 g/mol. The number of anilines is 1. The molecule has 3 rings (SSSR count). The van der Waals surface area contributed by atoms with E-state index in [1.807, 2.05) is 6.07 Å². The minimum absolute atomic E-state index is 0.0857. The van der Waals surface area contributed by atoms with Gasteiger partial charge in [0.2, 0.25) is 5.91 Å². The second kappa shape index (κ2) is 4.17. The van der Waals surface area contributed by atoms with Crippen molar-refractivity contribution in [2.75, 3.05) is 11.2 Å². The van der Waals surface area contributed by atoms with Crippen LogP contribution in [0, 0.1) is 0 Å². The highest BCUT2D eigenvalue weighted by Crippen LogP contribution is 2.35. The molecule has 6 heteroatoms. The van der Waals surface area contributed by atoms with Gasteiger partial charge in [0.25, 0.3) is 0 Å². The van der Waals surface area contributed by atoms with Gasteiger partial charge in [-0.3, -0.25) is 9.36 Å². The predicted octanol–water partition coefficient (Wildman–Crippen LogP) is 1.84. The fourth-order valence-electron chi connectivity index (χ4n) is 2.10. The van der Waals surface area contributed by atoms with Crippen LogP contribution in [-0.2, 0) is 4.79 Å². The molecule has 18 heavy (non-hydrogen) atoms. The van der Waals surface area contributed by atoms with E-state index in [0.29, 0.717) is 11.7 Å². The maximum atomic E-state index is 11.8. The Kier molecular flexibility index (Phi) is 2.63. The van der Waals surface area contributed by atoms with E-state index in [-0.39, 0.29) is 17.5 Å². The number of rotatable bonds is 3. The number of imidazole rings is 1. The molecular weight excluding hydrogens is 254 g/mol. The van der Waals surface area contributed by atoms with E-state index < -0.39 is 0 Å². The number of fused-ring (bicyclic) bond motifs is 1. The van der Waals surface area contributed by atoms with Crippen LogP contribution in [0.25, 0.3) is 11.0 Å². The van der Waals surface area contributed by atoms with Crippen LogP contribution in [0.4, 0.5) is 5.69 Å². The maximum absolute atomic E-state index is 11.8. The number of aromatic amines is 1. The zero-order chi connectivity index (χ0) is 12.7. The lowest BCUT2D eigenvalue weighted by Gasteiger charge is -2.04. The summed E-state index contributed by atoms with van der Waals surface area (Å²) in [5.41, 5.74) is 2.16. The van der Waals surface area contributed by atoms with Crippen molar-refractivity contribution in [1.29, 1.82) is 0 Å². The van der Waals surface area contributed by atoms with Crippen molar-refractivity contribution in [2.45, 2.75) is 18.9 Å². The zero-order valence-corrected chi connectivity index (χ0v) is 10.3. The normalized spacial score (nSPS) is 14.9. The van der Waals surface area contributed by atoms with Crippen LogP contribution < -0.4 is 11.0 Å². The molecule has 94 valence electrons. The average molecular weight is 266 g/mol. The number of H-pyrrole nitrogens is 1. The molecule has 1 aromatic carbocycles. The Morgan fingerprint density at radius 3 is 2.94 bits per heavy atom. The summed E-state index contributed by atoms with van der Waals surface area (Å²) in [6, 6.07) is 5.70. The summed E-state index contributed by atoms with van der Waals surface area (Å²) in [5.74, 6) is -0.350. The highest BCUT2D eigenvalue weighted by molar-refractivity contribution is 6.29. The molecule has 1 fully saturated rings. The van der Waals surface area contributed by atoms with Crippen LogP contribution >= 0.6 is 11.6 Å². The van der Waals surface area contributed by atoms with E-state index in [4.69, 9.17) is 11.6 Å². The summed E-state index contributed by atoms with van der Waals surface area (Å²) in [7, 11) is 0. The Balaban J connectivity index is 2.03. The quantitative estimate of drug-likeness (QED) is 0.832. The maximum Gasteiger partial charge on any atom is 0.326 e. The topological polar surface area (TPSA) is 66.9 Å². The molecule has 1 aliphatic rings. The van der Waals surface area contributed by atoms with Gasteiger partial charge in [0.15, 0.2) is 0 Å². The zero-order valence-electron chi connectivity index (χ0n) is 9.57. The number of aromatic nitrogens is 2. The molecule has 1 saturated carbocycles. The molecule has 1 heterocycles. The number of hydrogen-bond acceptors (Lipinski definition) is 2. The molecule has 2 N–H and O–H groups in total. The van der Waals surface area contributed by atoms with Gasteiger partial charge in [0.05, 0.1) is 11.0 Å². The van der Waals surface area contributed by atoms with Gasteiger partial charge in [-0.25, -0.2) is 4.79 Å². The molecule has 0 bridgehead atoms. The average Bonchev–Trinajstić information content (AvgIpc) is 3.12. The minimum Gasteiger partial charge on any atom is -0.325 e. The van der Waals surface area contributed by atoms with Crippen LogP contribution in [0.2, 0.25) is 0 Å². The fraction of sp³-hybridized carbons (Fsp3) is 0.333. The van der Waals surface area contributed by atoms with Crippen molar-refractivity contribution in [2.24, 2.45) is 0 Å². The van der Waals surface area contributed by atoms with Crippen molar-refractivity contribution < 1.29 is 4.79 Å². The first-order valence-electron chi connectivity index (χ1n) is 5.79. The third-order valence-electron chi connectivity index (χ3n) is 3.03. The first-order chi connectivity index (χ1) is 8.69. The van der Waals surface area contributed by atoms with Crippen LogP contribution in [0.3, 0.4) is 0 Å². The number of nitrogens with zero attached hydrogens (tertiary/aromatic N) is 1. The first kappa shape index (κ1) is 11.3. The third-order valence-corrected chi connectivity index (χ3v) is 3.28. The largest absolute Gasteiger partial charge is 0.326 e. The number of carbonyl (C=O) groups excluding carboxylic acids is 1. The highest BCUT2D eigenvalue weighted by atomic mass is 35.5. The predicted molar refractivity (Wildman–Crippen MR) is 70.2 cm³/mol. The van der Waals surface area contributed by atoms with Gasteiger partial charge in [-0.05, 0) is 31.0 Å². The van der Waals surface area contributed by atoms with Crippen LogP contribution in [0.1, 0.15) is 18.9 Å². The van der Waals surface area contributed by atoms with Crippen LogP contribution in [0.5, 0.6) is 0 Å². The molecule has 5 nitrogen and oxygen atoms in total. The Labute approximate surface area is 108 Å². The molecule has 1 aromatic heterocycles. The van der Waals surface area contributed by atoms with Gasteiger partial charge in [-0.15, -0.1) is 11.6 Å². The number of benzene rings is 1. The molecule has 2 aromatic rings. The van der Waals surface area contributed by atoms with Gasteiger partial charge in [0, 0.05) is 11.7 Å². The lowest BCUT2D eigenvalue weighted by Crippen LogP contribution is -2.14. The summed E-state index contributed by atoms with van der Waals surface area (Å²) >= 11 is 5.43. The summed E-state index contributed by atoms with van der Waals surface area (Å²) in [6.45, 7) is 0. The number of hydrogen-bond donors (Lipinski definition) is 2. The van der Waals surface area contributed by atoms with Gasteiger partial charge < -0.3 is 10.3 Å².